The minimum atomic E-state index is -0.145. The van der Waals surface area contributed by atoms with E-state index in [4.69, 9.17) is 5.73 Å². The van der Waals surface area contributed by atoms with Crippen LogP contribution in [0.3, 0.4) is 0 Å². The van der Waals surface area contributed by atoms with E-state index in [0.29, 0.717) is 5.92 Å². The molecule has 1 aliphatic rings. The largest absolute Gasteiger partial charge is 0.373 e. The Morgan fingerprint density at radius 3 is 2.57 bits per heavy atom. The highest BCUT2D eigenvalue weighted by atomic mass is 16.1. The second-order valence-corrected chi connectivity index (χ2v) is 6.54. The number of pyridine rings is 1. The maximum Gasteiger partial charge on any atom is 0.227 e. The van der Waals surface area contributed by atoms with Crippen LogP contribution in [0.4, 0.5) is 11.5 Å². The summed E-state index contributed by atoms with van der Waals surface area (Å²) < 4.78 is 0. The molecule has 0 saturated heterocycles. The SMILES string of the molecule is CNc1cc(NC(=O)C2CCC(C(C)(C)N)CC2)ccn1. The highest BCUT2D eigenvalue weighted by molar-refractivity contribution is 5.92. The quantitative estimate of drug-likeness (QED) is 0.796. The molecule has 1 heterocycles. The second-order valence-electron chi connectivity index (χ2n) is 6.54. The van der Waals surface area contributed by atoms with Crippen LogP contribution in [0.1, 0.15) is 39.5 Å². The Morgan fingerprint density at radius 1 is 1.33 bits per heavy atom. The molecule has 1 aromatic rings. The topological polar surface area (TPSA) is 80.0 Å². The number of nitrogens with one attached hydrogen (secondary N) is 2. The van der Waals surface area contributed by atoms with E-state index in [1.165, 1.54) is 0 Å². The maximum atomic E-state index is 12.3. The van der Waals surface area contributed by atoms with E-state index in [9.17, 15) is 4.79 Å². The van der Waals surface area contributed by atoms with Crippen LogP contribution in [0.2, 0.25) is 0 Å². The zero-order chi connectivity index (χ0) is 15.5. The summed E-state index contributed by atoms with van der Waals surface area (Å²) in [5, 5.41) is 5.96. The van der Waals surface area contributed by atoms with Crippen molar-refractivity contribution in [1.29, 1.82) is 0 Å². The first-order chi connectivity index (χ1) is 9.90. The van der Waals surface area contributed by atoms with Crippen molar-refractivity contribution >= 4 is 17.4 Å². The number of hydrogen-bond acceptors (Lipinski definition) is 4. The normalized spacial score (nSPS) is 22.7. The van der Waals surface area contributed by atoms with Gasteiger partial charge in [0.15, 0.2) is 0 Å². The van der Waals surface area contributed by atoms with E-state index in [2.05, 4.69) is 29.5 Å². The van der Waals surface area contributed by atoms with Crippen LogP contribution in [0.25, 0.3) is 0 Å². The van der Waals surface area contributed by atoms with Gasteiger partial charge in [-0.05, 0) is 51.5 Å². The molecule has 5 nitrogen and oxygen atoms in total. The molecule has 2 rings (SSSR count). The monoisotopic (exact) mass is 290 g/mol. The average molecular weight is 290 g/mol. The summed E-state index contributed by atoms with van der Waals surface area (Å²) >= 11 is 0. The van der Waals surface area contributed by atoms with Gasteiger partial charge in [0.1, 0.15) is 5.82 Å². The fourth-order valence-corrected chi connectivity index (χ4v) is 2.99. The fraction of sp³-hybridized carbons (Fsp3) is 0.625. The molecule has 116 valence electrons. The maximum absolute atomic E-state index is 12.3. The summed E-state index contributed by atoms with van der Waals surface area (Å²) in [7, 11) is 1.81. The number of nitrogens with two attached hydrogens (primary N) is 1. The minimum absolute atomic E-state index is 0.0924. The minimum Gasteiger partial charge on any atom is -0.373 e. The van der Waals surface area contributed by atoms with Gasteiger partial charge in [0.25, 0.3) is 0 Å². The number of rotatable bonds is 4. The number of nitrogens with zero attached hydrogens (tertiary/aromatic N) is 1. The Morgan fingerprint density at radius 2 is 2.00 bits per heavy atom. The first-order valence-corrected chi connectivity index (χ1v) is 7.63. The van der Waals surface area contributed by atoms with Crippen LogP contribution < -0.4 is 16.4 Å². The molecule has 1 fully saturated rings. The zero-order valence-electron chi connectivity index (χ0n) is 13.1. The molecule has 0 atom stereocenters. The van der Waals surface area contributed by atoms with E-state index in [0.717, 1.165) is 37.2 Å². The van der Waals surface area contributed by atoms with E-state index < -0.39 is 0 Å². The third-order valence-electron chi connectivity index (χ3n) is 4.43. The number of amides is 1. The van der Waals surface area contributed by atoms with E-state index in [1.807, 2.05) is 19.2 Å². The van der Waals surface area contributed by atoms with Gasteiger partial charge in [0.05, 0.1) is 0 Å². The summed E-state index contributed by atoms with van der Waals surface area (Å²) in [6.45, 7) is 4.16. The predicted molar refractivity (Wildman–Crippen MR) is 86.1 cm³/mol. The van der Waals surface area contributed by atoms with Crippen LogP contribution in [0, 0.1) is 11.8 Å². The molecule has 1 saturated carbocycles. The Bertz CT molecular complexity index is 487. The van der Waals surface area contributed by atoms with Gasteiger partial charge in [0.2, 0.25) is 5.91 Å². The number of anilines is 2. The standard InChI is InChI=1S/C16H26N4O/c1-16(2,17)12-6-4-11(5-7-12)15(21)20-13-8-9-19-14(10-13)18-3/h8-12H,4-7,17H2,1-3H3,(H2,18,19,20,21). The van der Waals surface area contributed by atoms with Crippen molar-refractivity contribution in [1.82, 2.24) is 4.98 Å². The van der Waals surface area contributed by atoms with Gasteiger partial charge in [-0.25, -0.2) is 4.98 Å². The molecule has 0 aliphatic heterocycles. The summed E-state index contributed by atoms with van der Waals surface area (Å²) in [6, 6.07) is 3.65. The van der Waals surface area contributed by atoms with Gasteiger partial charge in [-0.2, -0.15) is 0 Å². The van der Waals surface area contributed by atoms with Gasteiger partial charge in [0, 0.05) is 36.5 Å². The Balaban J connectivity index is 1.90. The van der Waals surface area contributed by atoms with Crippen LogP contribution in [-0.2, 0) is 4.79 Å². The lowest BCUT2D eigenvalue weighted by molar-refractivity contribution is -0.121. The molecule has 0 aromatic carbocycles. The average Bonchev–Trinajstić information content (AvgIpc) is 2.46. The smallest absolute Gasteiger partial charge is 0.227 e. The molecule has 4 N–H and O–H groups in total. The van der Waals surface area contributed by atoms with Gasteiger partial charge in [-0.1, -0.05) is 0 Å². The number of carbonyl (C=O) groups excluding carboxylic acids is 1. The highest BCUT2D eigenvalue weighted by Gasteiger charge is 2.32. The fourth-order valence-electron chi connectivity index (χ4n) is 2.99. The van der Waals surface area contributed by atoms with Crippen LogP contribution in [-0.4, -0.2) is 23.5 Å². The first-order valence-electron chi connectivity index (χ1n) is 7.63. The molecular weight excluding hydrogens is 264 g/mol. The Hall–Kier alpha value is -1.62. The summed E-state index contributed by atoms with van der Waals surface area (Å²) in [4.78, 5) is 16.5. The zero-order valence-corrected chi connectivity index (χ0v) is 13.1. The Labute approximate surface area is 126 Å². The van der Waals surface area contributed by atoms with Crippen molar-refractivity contribution < 1.29 is 4.79 Å². The van der Waals surface area contributed by atoms with Gasteiger partial charge in [-0.15, -0.1) is 0 Å². The highest BCUT2D eigenvalue weighted by Crippen LogP contribution is 2.34. The molecule has 1 amide bonds. The third kappa shape index (κ3) is 4.17. The van der Waals surface area contributed by atoms with E-state index in [1.54, 1.807) is 6.20 Å². The molecule has 0 radical (unpaired) electrons. The van der Waals surface area contributed by atoms with Crippen molar-refractivity contribution in [2.75, 3.05) is 17.7 Å². The van der Waals surface area contributed by atoms with Gasteiger partial charge < -0.3 is 16.4 Å². The first kappa shape index (κ1) is 15.8. The predicted octanol–water partition coefficient (Wildman–Crippen LogP) is 2.61. The molecule has 0 spiro atoms. The van der Waals surface area contributed by atoms with Crippen molar-refractivity contribution in [3.8, 4) is 0 Å². The van der Waals surface area contributed by atoms with Crippen molar-refractivity contribution in [3.63, 3.8) is 0 Å². The summed E-state index contributed by atoms with van der Waals surface area (Å²) in [5.41, 5.74) is 6.82. The van der Waals surface area contributed by atoms with Crippen LogP contribution in [0.15, 0.2) is 18.3 Å². The van der Waals surface area contributed by atoms with Crippen molar-refractivity contribution in [2.24, 2.45) is 17.6 Å². The second kappa shape index (κ2) is 6.43. The lowest BCUT2D eigenvalue weighted by Gasteiger charge is -2.36. The Kier molecular flexibility index (Phi) is 4.83. The molecule has 21 heavy (non-hydrogen) atoms. The molecule has 1 aromatic heterocycles. The lowest BCUT2D eigenvalue weighted by Crippen LogP contribution is -2.43. The van der Waals surface area contributed by atoms with Gasteiger partial charge >= 0.3 is 0 Å². The van der Waals surface area contributed by atoms with Crippen molar-refractivity contribution in [3.05, 3.63) is 18.3 Å². The molecule has 1 aliphatic carbocycles. The molecule has 0 bridgehead atoms. The van der Waals surface area contributed by atoms with Gasteiger partial charge in [-0.3, -0.25) is 4.79 Å². The number of aromatic nitrogens is 1. The van der Waals surface area contributed by atoms with Crippen molar-refractivity contribution in [2.45, 2.75) is 45.1 Å². The van der Waals surface area contributed by atoms with E-state index in [-0.39, 0.29) is 17.4 Å². The lowest BCUT2D eigenvalue weighted by atomic mass is 9.73. The third-order valence-corrected chi connectivity index (χ3v) is 4.43. The molecular formula is C16H26N4O. The van der Waals surface area contributed by atoms with E-state index >= 15 is 0 Å². The van der Waals surface area contributed by atoms with Crippen LogP contribution in [0.5, 0.6) is 0 Å². The molecule has 0 unspecified atom stereocenters. The summed E-state index contributed by atoms with van der Waals surface area (Å²) in [5.74, 6) is 1.46. The summed E-state index contributed by atoms with van der Waals surface area (Å²) in [6.07, 6.45) is 5.58. The van der Waals surface area contributed by atoms with Crippen LogP contribution >= 0.6 is 0 Å². The number of hydrogen-bond donors (Lipinski definition) is 3. The number of carbonyl (C=O) groups is 1. The molecule has 5 heteroatoms.